The number of hydrogen-bond donors (Lipinski definition) is 1. The highest BCUT2D eigenvalue weighted by Gasteiger charge is 2.12. The lowest BCUT2D eigenvalue weighted by Gasteiger charge is -2.10. The first-order chi connectivity index (χ1) is 9.01. The first-order valence-electron chi connectivity index (χ1n) is 5.27. The Hall–Kier alpha value is -1.10. The summed E-state index contributed by atoms with van der Waals surface area (Å²) in [6.45, 7) is 0. The first-order valence-corrected chi connectivity index (χ1v) is 6.84. The van der Waals surface area contributed by atoms with Gasteiger partial charge in [0.15, 0.2) is 0 Å². The quantitative estimate of drug-likeness (QED) is 0.820. The summed E-state index contributed by atoms with van der Waals surface area (Å²) < 4.78 is 18.9. The third kappa shape index (κ3) is 3.26. The zero-order valence-electron chi connectivity index (χ0n) is 9.91. The van der Waals surface area contributed by atoms with Crippen molar-refractivity contribution in [1.29, 1.82) is 0 Å². The maximum Gasteiger partial charge on any atom is 0.143 e. The second-order valence-corrected chi connectivity index (χ2v) is 5.63. The van der Waals surface area contributed by atoms with Gasteiger partial charge >= 0.3 is 0 Å². The molecule has 0 atom stereocenters. The largest absolute Gasteiger partial charge is 0.495 e. The summed E-state index contributed by atoms with van der Waals surface area (Å²) in [6, 6.07) is 7.77. The first kappa shape index (κ1) is 14.3. The van der Waals surface area contributed by atoms with Crippen LogP contribution in [0.25, 0.3) is 0 Å². The summed E-state index contributed by atoms with van der Waals surface area (Å²) in [5.41, 5.74) is 5.88. The van der Waals surface area contributed by atoms with Crippen LogP contribution >= 0.6 is 35.0 Å². The Bertz CT molecular complexity index is 622. The van der Waals surface area contributed by atoms with Gasteiger partial charge in [-0.15, -0.1) is 0 Å². The van der Waals surface area contributed by atoms with Crippen molar-refractivity contribution in [3.05, 3.63) is 46.2 Å². The van der Waals surface area contributed by atoms with Crippen molar-refractivity contribution < 1.29 is 9.13 Å². The Morgan fingerprint density at radius 3 is 2.58 bits per heavy atom. The van der Waals surface area contributed by atoms with E-state index in [4.69, 9.17) is 33.7 Å². The van der Waals surface area contributed by atoms with Crippen molar-refractivity contribution >= 4 is 40.7 Å². The lowest BCUT2D eigenvalue weighted by atomic mass is 10.3. The summed E-state index contributed by atoms with van der Waals surface area (Å²) in [5, 5.41) is 1.04. The number of anilines is 1. The average molecular weight is 318 g/mol. The maximum atomic E-state index is 13.9. The lowest BCUT2D eigenvalue weighted by Crippen LogP contribution is -1.94. The minimum atomic E-state index is -0.431. The molecule has 0 amide bonds. The lowest BCUT2D eigenvalue weighted by molar-refractivity contribution is 0.414. The predicted octanol–water partition coefficient (Wildman–Crippen LogP) is 4.87. The molecule has 6 heteroatoms. The van der Waals surface area contributed by atoms with Gasteiger partial charge in [0, 0.05) is 16.0 Å². The van der Waals surface area contributed by atoms with Gasteiger partial charge in [-0.1, -0.05) is 35.0 Å². The van der Waals surface area contributed by atoms with Crippen LogP contribution in [0.15, 0.2) is 40.1 Å². The summed E-state index contributed by atoms with van der Waals surface area (Å²) in [7, 11) is 1.48. The van der Waals surface area contributed by atoms with Gasteiger partial charge in [-0.25, -0.2) is 4.39 Å². The van der Waals surface area contributed by atoms with Crippen molar-refractivity contribution in [1.82, 2.24) is 0 Å². The SMILES string of the molecule is COc1cc(Sc2cc(Cl)ccc2Cl)c(F)cc1N. The van der Waals surface area contributed by atoms with Gasteiger partial charge in [0.05, 0.1) is 22.7 Å². The van der Waals surface area contributed by atoms with Gasteiger partial charge in [-0.2, -0.15) is 0 Å². The standard InChI is InChI=1S/C13H10Cl2FNOS/c1-18-11-6-13(9(16)5-10(11)17)19-12-4-7(14)2-3-8(12)15/h2-6H,17H2,1H3. The molecule has 0 aliphatic heterocycles. The highest BCUT2D eigenvalue weighted by atomic mass is 35.5. The van der Waals surface area contributed by atoms with Crippen molar-refractivity contribution in [2.45, 2.75) is 9.79 Å². The topological polar surface area (TPSA) is 35.2 Å². The van der Waals surface area contributed by atoms with E-state index in [1.165, 1.54) is 31.0 Å². The van der Waals surface area contributed by atoms with Gasteiger partial charge in [0.25, 0.3) is 0 Å². The molecule has 2 N–H and O–H groups in total. The fraction of sp³-hybridized carbons (Fsp3) is 0.0769. The molecule has 0 saturated carbocycles. The smallest absolute Gasteiger partial charge is 0.143 e. The highest BCUT2D eigenvalue weighted by Crippen LogP contribution is 2.39. The van der Waals surface area contributed by atoms with Crippen molar-refractivity contribution in [2.24, 2.45) is 0 Å². The average Bonchev–Trinajstić information content (AvgIpc) is 2.37. The molecule has 0 aliphatic carbocycles. The molecular formula is C13H10Cl2FNOS. The minimum absolute atomic E-state index is 0.251. The summed E-state index contributed by atoms with van der Waals surface area (Å²) >= 11 is 13.1. The Morgan fingerprint density at radius 2 is 1.89 bits per heavy atom. The molecule has 0 heterocycles. The van der Waals surface area contributed by atoms with Gasteiger partial charge in [-0.05, 0) is 24.3 Å². The molecule has 19 heavy (non-hydrogen) atoms. The third-order valence-corrected chi connectivity index (χ3v) is 4.16. The second kappa shape index (κ2) is 5.90. The van der Waals surface area contributed by atoms with Crippen LogP contribution in [0.5, 0.6) is 5.75 Å². The molecule has 2 aromatic carbocycles. The highest BCUT2D eigenvalue weighted by molar-refractivity contribution is 7.99. The summed E-state index contributed by atoms with van der Waals surface area (Å²) in [4.78, 5) is 1.04. The molecule has 2 aromatic rings. The molecule has 0 bridgehead atoms. The third-order valence-electron chi connectivity index (χ3n) is 2.40. The predicted molar refractivity (Wildman–Crippen MR) is 77.9 cm³/mol. The van der Waals surface area contributed by atoms with Crippen LogP contribution in [0.1, 0.15) is 0 Å². The molecule has 0 unspecified atom stereocenters. The number of methoxy groups -OCH3 is 1. The number of ether oxygens (including phenoxy) is 1. The van der Waals surface area contributed by atoms with E-state index >= 15 is 0 Å². The molecule has 0 spiro atoms. The van der Waals surface area contributed by atoms with Gasteiger partial charge in [0.2, 0.25) is 0 Å². The fourth-order valence-electron chi connectivity index (χ4n) is 1.48. The number of halogens is 3. The van der Waals surface area contributed by atoms with E-state index in [2.05, 4.69) is 0 Å². The molecule has 2 nitrogen and oxygen atoms in total. The molecule has 0 fully saturated rings. The second-order valence-electron chi connectivity index (χ2n) is 3.70. The maximum absolute atomic E-state index is 13.9. The monoisotopic (exact) mass is 317 g/mol. The van der Waals surface area contributed by atoms with E-state index in [-0.39, 0.29) is 5.69 Å². The molecule has 2 rings (SSSR count). The van der Waals surface area contributed by atoms with Gasteiger partial charge in [0.1, 0.15) is 11.6 Å². The number of rotatable bonds is 3. The Morgan fingerprint density at radius 1 is 1.16 bits per heavy atom. The molecule has 0 aromatic heterocycles. The van der Waals surface area contributed by atoms with Crippen LogP contribution in [0.4, 0.5) is 10.1 Å². The van der Waals surface area contributed by atoms with Crippen LogP contribution < -0.4 is 10.5 Å². The number of nitrogens with two attached hydrogens (primary N) is 1. The van der Waals surface area contributed by atoms with Crippen molar-refractivity contribution in [3.8, 4) is 5.75 Å². The van der Waals surface area contributed by atoms with E-state index in [9.17, 15) is 4.39 Å². The van der Waals surface area contributed by atoms with Gasteiger partial charge < -0.3 is 10.5 Å². The van der Waals surface area contributed by atoms with Crippen LogP contribution in [-0.4, -0.2) is 7.11 Å². The minimum Gasteiger partial charge on any atom is -0.495 e. The summed E-state index contributed by atoms with van der Waals surface area (Å²) in [5.74, 6) is -0.0126. The Labute approximate surface area is 124 Å². The van der Waals surface area contributed by atoms with Crippen LogP contribution in [-0.2, 0) is 0 Å². The van der Waals surface area contributed by atoms with E-state index in [1.54, 1.807) is 18.2 Å². The van der Waals surface area contributed by atoms with Crippen molar-refractivity contribution in [3.63, 3.8) is 0 Å². The number of hydrogen-bond acceptors (Lipinski definition) is 3. The van der Waals surface area contributed by atoms with Crippen LogP contribution in [0.2, 0.25) is 10.0 Å². The van der Waals surface area contributed by atoms with E-state index in [0.29, 0.717) is 25.6 Å². The van der Waals surface area contributed by atoms with Gasteiger partial charge in [-0.3, -0.25) is 0 Å². The molecule has 100 valence electrons. The fourth-order valence-corrected chi connectivity index (χ4v) is 2.86. The van der Waals surface area contributed by atoms with E-state index < -0.39 is 5.82 Å². The molecule has 0 aliphatic rings. The van der Waals surface area contributed by atoms with Crippen molar-refractivity contribution in [2.75, 3.05) is 12.8 Å². The molecule has 0 radical (unpaired) electrons. The molecular weight excluding hydrogens is 308 g/mol. The number of benzene rings is 2. The zero-order valence-corrected chi connectivity index (χ0v) is 12.2. The van der Waals surface area contributed by atoms with E-state index in [1.807, 2.05) is 0 Å². The summed E-state index contributed by atoms with van der Waals surface area (Å²) in [6.07, 6.45) is 0. The van der Waals surface area contributed by atoms with Crippen LogP contribution in [0, 0.1) is 5.82 Å². The Kier molecular flexibility index (Phi) is 4.45. The number of nitrogen functional groups attached to an aromatic ring is 1. The van der Waals surface area contributed by atoms with E-state index in [0.717, 1.165) is 0 Å². The molecule has 0 saturated heterocycles. The normalized spacial score (nSPS) is 10.5. The Balaban J connectivity index is 2.40. The zero-order chi connectivity index (χ0) is 14.0. The van der Waals surface area contributed by atoms with Crippen LogP contribution in [0.3, 0.4) is 0 Å².